The summed E-state index contributed by atoms with van der Waals surface area (Å²) in [7, 11) is 1.76. The fourth-order valence-electron chi connectivity index (χ4n) is 3.37. The van der Waals surface area contributed by atoms with Crippen LogP contribution in [0.15, 0.2) is 42.6 Å². The van der Waals surface area contributed by atoms with E-state index >= 15 is 0 Å². The number of rotatable bonds is 8. The Bertz CT molecular complexity index is 1120. The highest BCUT2D eigenvalue weighted by Crippen LogP contribution is 2.27. The Balaban J connectivity index is 1.53. The van der Waals surface area contributed by atoms with Crippen molar-refractivity contribution in [2.75, 3.05) is 7.05 Å². The first-order valence-corrected chi connectivity index (χ1v) is 10.2. The van der Waals surface area contributed by atoms with Crippen molar-refractivity contribution in [1.82, 2.24) is 20.1 Å². The van der Waals surface area contributed by atoms with E-state index in [1.165, 1.54) is 6.07 Å². The van der Waals surface area contributed by atoms with Crippen molar-refractivity contribution in [3.05, 3.63) is 76.4 Å². The van der Waals surface area contributed by atoms with Crippen LogP contribution in [0.5, 0.6) is 5.75 Å². The van der Waals surface area contributed by atoms with E-state index in [-0.39, 0.29) is 23.2 Å². The first-order valence-electron chi connectivity index (χ1n) is 10.2. The Kier molecular flexibility index (Phi) is 5.70. The quantitative estimate of drug-likeness (QED) is 0.583. The van der Waals surface area contributed by atoms with Gasteiger partial charge in [0, 0.05) is 37.0 Å². The van der Waals surface area contributed by atoms with Crippen molar-refractivity contribution in [2.24, 2.45) is 5.73 Å². The number of carbonyl (C=O) groups is 2. The Morgan fingerprint density at radius 1 is 1.26 bits per heavy atom. The molecule has 0 radical (unpaired) electrons. The van der Waals surface area contributed by atoms with E-state index in [1.807, 2.05) is 37.4 Å². The highest BCUT2D eigenvalue weighted by molar-refractivity contribution is 5.98. The molecule has 2 amide bonds. The van der Waals surface area contributed by atoms with Gasteiger partial charge in [-0.05, 0) is 55.2 Å². The van der Waals surface area contributed by atoms with E-state index in [0.717, 1.165) is 29.7 Å². The van der Waals surface area contributed by atoms with Crippen molar-refractivity contribution < 1.29 is 14.3 Å². The molecule has 1 aromatic carbocycles. The number of aromatic nitrogens is 3. The molecule has 0 spiro atoms. The van der Waals surface area contributed by atoms with Crippen molar-refractivity contribution >= 4 is 11.8 Å². The minimum atomic E-state index is -0.585. The maximum atomic E-state index is 12.8. The third-order valence-electron chi connectivity index (χ3n) is 5.39. The molecule has 0 bridgehead atoms. The Morgan fingerprint density at radius 2 is 2.06 bits per heavy atom. The lowest BCUT2D eigenvalue weighted by Gasteiger charge is -2.16. The summed E-state index contributed by atoms with van der Waals surface area (Å²) in [5.41, 5.74) is 9.45. The minimum absolute atomic E-state index is 0.196. The van der Waals surface area contributed by atoms with Crippen molar-refractivity contribution in [3.63, 3.8) is 0 Å². The van der Waals surface area contributed by atoms with Gasteiger partial charge < -0.3 is 15.4 Å². The molecule has 2 heterocycles. The number of nitrogens with one attached hydrogen (secondary N) is 1. The second-order valence-electron chi connectivity index (χ2n) is 7.87. The van der Waals surface area contributed by atoms with E-state index in [9.17, 15) is 9.59 Å². The number of primary amides is 1. The minimum Gasteiger partial charge on any atom is -0.487 e. The summed E-state index contributed by atoms with van der Waals surface area (Å²) in [6.45, 7) is 2.33. The lowest BCUT2D eigenvalue weighted by atomic mass is 10.1. The van der Waals surface area contributed by atoms with Crippen LogP contribution in [0.1, 0.15) is 56.2 Å². The monoisotopic (exact) mass is 419 g/mol. The van der Waals surface area contributed by atoms with E-state index in [4.69, 9.17) is 10.5 Å². The van der Waals surface area contributed by atoms with Crippen LogP contribution in [0.25, 0.3) is 0 Å². The smallest absolute Gasteiger partial charge is 0.272 e. The van der Waals surface area contributed by atoms with E-state index in [1.54, 1.807) is 18.0 Å². The third kappa shape index (κ3) is 4.91. The predicted octanol–water partition coefficient (Wildman–Crippen LogP) is 2.62. The van der Waals surface area contributed by atoms with Crippen LogP contribution in [-0.2, 0) is 13.0 Å². The van der Waals surface area contributed by atoms with Gasteiger partial charge in [-0.15, -0.1) is 0 Å². The molecular formula is C23H25N5O3. The number of ether oxygens (including phenoxy) is 1. The number of hydrogen-bond acceptors (Lipinski definition) is 5. The normalized spacial score (nSPS) is 13.1. The molecule has 1 aliphatic carbocycles. The van der Waals surface area contributed by atoms with Gasteiger partial charge in [0.15, 0.2) is 0 Å². The fourth-order valence-corrected chi connectivity index (χ4v) is 3.37. The second-order valence-corrected chi connectivity index (χ2v) is 7.87. The Hall–Kier alpha value is -3.68. The number of pyridine rings is 1. The molecule has 2 aromatic heterocycles. The van der Waals surface area contributed by atoms with Crippen LogP contribution in [0.3, 0.4) is 0 Å². The average Bonchev–Trinajstić information content (AvgIpc) is 3.53. The summed E-state index contributed by atoms with van der Waals surface area (Å²) < 4.78 is 5.86. The highest BCUT2D eigenvalue weighted by atomic mass is 16.5. The molecule has 0 atom stereocenters. The molecule has 0 unspecified atom stereocenters. The summed E-state index contributed by atoms with van der Waals surface area (Å²) in [6, 6.07) is 11.0. The topological polar surface area (TPSA) is 114 Å². The van der Waals surface area contributed by atoms with Gasteiger partial charge >= 0.3 is 0 Å². The standard InChI is InChI=1S/C23H25N5O3/c1-14-12-25-27-21(14)13-31-19-5-3-4-15(9-19)8-17-10-16(22(24)29)11-20(26-17)23(30)28(2)18-6-7-18/h3-5,9-12,18H,6-8,13H2,1-2H3,(H2,24,29)(H,25,27). The molecule has 0 aliphatic heterocycles. The van der Waals surface area contributed by atoms with Crippen LogP contribution in [0.4, 0.5) is 0 Å². The van der Waals surface area contributed by atoms with Gasteiger partial charge in [0.1, 0.15) is 23.7 Å². The molecule has 160 valence electrons. The zero-order valence-corrected chi connectivity index (χ0v) is 17.6. The number of hydrogen-bond donors (Lipinski definition) is 2. The van der Waals surface area contributed by atoms with E-state index in [0.29, 0.717) is 24.5 Å². The van der Waals surface area contributed by atoms with Crippen molar-refractivity contribution in [2.45, 2.75) is 38.8 Å². The maximum absolute atomic E-state index is 12.8. The number of benzene rings is 1. The molecule has 8 nitrogen and oxygen atoms in total. The first kappa shape index (κ1) is 20.6. The van der Waals surface area contributed by atoms with Crippen LogP contribution in [0.2, 0.25) is 0 Å². The molecule has 8 heteroatoms. The van der Waals surface area contributed by atoms with Crippen molar-refractivity contribution in [1.29, 1.82) is 0 Å². The summed E-state index contributed by atoms with van der Waals surface area (Å²) in [4.78, 5) is 30.8. The van der Waals surface area contributed by atoms with Gasteiger partial charge in [0.25, 0.3) is 5.91 Å². The number of carbonyl (C=O) groups excluding carboxylic acids is 2. The van der Waals surface area contributed by atoms with Gasteiger partial charge in [0.2, 0.25) is 5.91 Å². The van der Waals surface area contributed by atoms with E-state index < -0.39 is 5.91 Å². The fraction of sp³-hybridized carbons (Fsp3) is 0.304. The van der Waals surface area contributed by atoms with Gasteiger partial charge in [-0.1, -0.05) is 12.1 Å². The Labute approximate surface area is 180 Å². The molecule has 4 rings (SSSR count). The van der Waals surface area contributed by atoms with Gasteiger partial charge in [0.05, 0.1) is 0 Å². The molecule has 3 aromatic rings. The number of nitrogens with two attached hydrogens (primary N) is 1. The molecule has 1 fully saturated rings. The maximum Gasteiger partial charge on any atom is 0.272 e. The predicted molar refractivity (Wildman–Crippen MR) is 115 cm³/mol. The lowest BCUT2D eigenvalue weighted by molar-refractivity contribution is 0.0779. The van der Waals surface area contributed by atoms with Crippen LogP contribution in [-0.4, -0.2) is 45.0 Å². The van der Waals surface area contributed by atoms with Crippen LogP contribution < -0.4 is 10.5 Å². The van der Waals surface area contributed by atoms with E-state index in [2.05, 4.69) is 15.2 Å². The number of amides is 2. The van der Waals surface area contributed by atoms with Gasteiger partial charge in [-0.25, -0.2) is 4.98 Å². The SMILES string of the molecule is Cc1c[nH]nc1COc1cccc(Cc2cc(C(N)=O)cc(C(=O)N(C)C3CC3)n2)c1. The molecular weight excluding hydrogens is 394 g/mol. The average molecular weight is 419 g/mol. The first-order chi connectivity index (χ1) is 14.9. The van der Waals surface area contributed by atoms with Crippen LogP contribution >= 0.6 is 0 Å². The Morgan fingerprint density at radius 3 is 2.74 bits per heavy atom. The number of aromatic amines is 1. The molecule has 31 heavy (non-hydrogen) atoms. The number of nitrogens with zero attached hydrogens (tertiary/aromatic N) is 3. The molecule has 1 aliphatic rings. The number of H-pyrrole nitrogens is 1. The second kappa shape index (κ2) is 8.59. The molecule has 1 saturated carbocycles. The zero-order valence-electron chi connectivity index (χ0n) is 17.6. The van der Waals surface area contributed by atoms with Gasteiger partial charge in [-0.3, -0.25) is 14.7 Å². The summed E-state index contributed by atoms with van der Waals surface area (Å²) in [5.74, 6) is -0.0766. The summed E-state index contributed by atoms with van der Waals surface area (Å²) >= 11 is 0. The lowest BCUT2D eigenvalue weighted by Crippen LogP contribution is -2.30. The van der Waals surface area contributed by atoms with Crippen molar-refractivity contribution in [3.8, 4) is 5.75 Å². The summed E-state index contributed by atoms with van der Waals surface area (Å²) in [6.07, 6.45) is 4.25. The van der Waals surface area contributed by atoms with Crippen LogP contribution in [0, 0.1) is 6.92 Å². The molecule has 0 saturated heterocycles. The largest absolute Gasteiger partial charge is 0.487 e. The highest BCUT2D eigenvalue weighted by Gasteiger charge is 2.31. The molecule has 3 N–H and O–H groups in total. The van der Waals surface area contributed by atoms with Gasteiger partial charge in [-0.2, -0.15) is 5.10 Å². The third-order valence-corrected chi connectivity index (χ3v) is 5.39. The summed E-state index contributed by atoms with van der Waals surface area (Å²) in [5, 5.41) is 6.98. The number of aryl methyl sites for hydroxylation is 1. The zero-order chi connectivity index (χ0) is 22.0.